The van der Waals surface area contributed by atoms with Gasteiger partial charge in [0, 0.05) is 0 Å². The molecule has 0 saturated heterocycles. The number of benzene rings is 1. The number of nitrogen functional groups attached to an aromatic ring is 1. The number of methoxy groups -OCH3 is 1. The van der Waals surface area contributed by atoms with Gasteiger partial charge >= 0.3 is 0 Å². The molecule has 0 aliphatic heterocycles. The number of hydrogen-bond acceptors (Lipinski definition) is 6. The van der Waals surface area contributed by atoms with E-state index in [2.05, 4.69) is 20.6 Å². The molecule has 1 aromatic carbocycles. The molecule has 0 saturated carbocycles. The number of aromatic nitrogens is 4. The quantitative estimate of drug-likeness (QED) is 0.740. The van der Waals surface area contributed by atoms with Crippen molar-refractivity contribution in [2.75, 3.05) is 12.8 Å². The van der Waals surface area contributed by atoms with Crippen molar-refractivity contribution in [1.29, 1.82) is 0 Å². The second kappa shape index (κ2) is 4.45. The Morgan fingerprint density at radius 3 is 3.00 bits per heavy atom. The van der Waals surface area contributed by atoms with E-state index in [0.717, 1.165) is 11.3 Å². The van der Waals surface area contributed by atoms with Gasteiger partial charge in [-0.2, -0.15) is 15.4 Å². The standard InChI is InChI=1S/C12H11N5O2/c1-18-8-4-2-3-7(5-8)10-11(16-19-12(10)13)9-6-14-17-15-9/h2-6H,13H2,1H3,(H,14,15,17). The summed E-state index contributed by atoms with van der Waals surface area (Å²) in [5.74, 6) is 0.954. The molecule has 0 aliphatic rings. The zero-order valence-corrected chi connectivity index (χ0v) is 10.1. The van der Waals surface area contributed by atoms with Crippen molar-refractivity contribution in [2.45, 2.75) is 0 Å². The largest absolute Gasteiger partial charge is 0.497 e. The van der Waals surface area contributed by atoms with Crippen molar-refractivity contribution in [3.63, 3.8) is 0 Å². The van der Waals surface area contributed by atoms with Crippen LogP contribution in [-0.4, -0.2) is 27.7 Å². The minimum absolute atomic E-state index is 0.228. The lowest BCUT2D eigenvalue weighted by Crippen LogP contribution is -1.89. The second-order valence-electron chi connectivity index (χ2n) is 3.86. The monoisotopic (exact) mass is 257 g/mol. The third-order valence-corrected chi connectivity index (χ3v) is 2.73. The van der Waals surface area contributed by atoms with Gasteiger partial charge in [0.15, 0.2) is 0 Å². The summed E-state index contributed by atoms with van der Waals surface area (Å²) in [7, 11) is 1.61. The molecular formula is C12H11N5O2. The van der Waals surface area contributed by atoms with E-state index in [1.54, 1.807) is 13.3 Å². The molecule has 0 amide bonds. The maximum Gasteiger partial charge on any atom is 0.230 e. The van der Waals surface area contributed by atoms with Gasteiger partial charge in [-0.05, 0) is 17.7 Å². The van der Waals surface area contributed by atoms with Crippen LogP contribution in [0.15, 0.2) is 35.0 Å². The summed E-state index contributed by atoms with van der Waals surface area (Å²) in [4.78, 5) is 0. The summed E-state index contributed by atoms with van der Waals surface area (Å²) in [5.41, 5.74) is 8.47. The van der Waals surface area contributed by atoms with Crippen molar-refractivity contribution in [1.82, 2.24) is 20.6 Å². The first kappa shape index (κ1) is 11.3. The van der Waals surface area contributed by atoms with E-state index >= 15 is 0 Å². The fraction of sp³-hybridized carbons (Fsp3) is 0.0833. The molecule has 0 spiro atoms. The van der Waals surface area contributed by atoms with Crippen molar-refractivity contribution in [3.05, 3.63) is 30.5 Å². The van der Waals surface area contributed by atoms with Gasteiger partial charge in [0.05, 0.1) is 18.9 Å². The molecule has 2 heterocycles. The molecule has 2 aromatic heterocycles. The minimum Gasteiger partial charge on any atom is -0.497 e. The Hall–Kier alpha value is -2.83. The average molecular weight is 257 g/mol. The molecule has 3 rings (SSSR count). The second-order valence-corrected chi connectivity index (χ2v) is 3.86. The van der Waals surface area contributed by atoms with Crippen LogP contribution in [0.3, 0.4) is 0 Å². The molecule has 3 N–H and O–H groups in total. The van der Waals surface area contributed by atoms with Gasteiger partial charge in [-0.1, -0.05) is 17.3 Å². The average Bonchev–Trinajstić information content (AvgIpc) is 3.07. The number of aromatic amines is 1. The summed E-state index contributed by atoms with van der Waals surface area (Å²) in [6.45, 7) is 0. The topological polar surface area (TPSA) is 103 Å². The molecule has 0 unspecified atom stereocenters. The Morgan fingerprint density at radius 2 is 2.26 bits per heavy atom. The number of nitrogens with zero attached hydrogens (tertiary/aromatic N) is 3. The summed E-state index contributed by atoms with van der Waals surface area (Å²) in [6.07, 6.45) is 1.56. The highest BCUT2D eigenvalue weighted by Crippen LogP contribution is 2.36. The van der Waals surface area contributed by atoms with Crippen LogP contribution in [0.25, 0.3) is 22.5 Å². The van der Waals surface area contributed by atoms with E-state index < -0.39 is 0 Å². The number of rotatable bonds is 3. The summed E-state index contributed by atoms with van der Waals surface area (Å²) in [5, 5.41) is 14.2. The first-order chi connectivity index (χ1) is 9.29. The first-order valence-corrected chi connectivity index (χ1v) is 5.55. The SMILES string of the molecule is COc1cccc(-c2c(-c3cn[nH]n3)noc2N)c1. The van der Waals surface area contributed by atoms with E-state index in [1.807, 2.05) is 24.3 Å². The third-order valence-electron chi connectivity index (χ3n) is 2.73. The molecule has 19 heavy (non-hydrogen) atoms. The zero-order valence-electron chi connectivity index (χ0n) is 10.1. The molecule has 96 valence electrons. The molecular weight excluding hydrogens is 246 g/mol. The molecule has 0 fully saturated rings. The van der Waals surface area contributed by atoms with Gasteiger partial charge in [0.2, 0.25) is 5.88 Å². The Kier molecular flexibility index (Phi) is 2.64. The summed E-state index contributed by atoms with van der Waals surface area (Å²) >= 11 is 0. The highest BCUT2D eigenvalue weighted by molar-refractivity contribution is 5.85. The van der Waals surface area contributed by atoms with Crippen LogP contribution in [-0.2, 0) is 0 Å². The summed E-state index contributed by atoms with van der Waals surface area (Å²) in [6, 6.07) is 7.47. The highest BCUT2D eigenvalue weighted by atomic mass is 16.5. The van der Waals surface area contributed by atoms with E-state index in [1.165, 1.54) is 0 Å². The Balaban J connectivity index is 2.16. The molecule has 0 radical (unpaired) electrons. The fourth-order valence-electron chi connectivity index (χ4n) is 1.85. The molecule has 0 atom stereocenters. The van der Waals surface area contributed by atoms with Crippen molar-refractivity contribution in [2.24, 2.45) is 0 Å². The number of nitrogens with two attached hydrogens (primary N) is 1. The zero-order chi connectivity index (χ0) is 13.2. The van der Waals surface area contributed by atoms with Gasteiger partial charge in [0.1, 0.15) is 17.1 Å². The number of hydrogen-bond donors (Lipinski definition) is 2. The van der Waals surface area contributed by atoms with Crippen LogP contribution in [0, 0.1) is 0 Å². The number of anilines is 1. The maximum absolute atomic E-state index is 5.84. The van der Waals surface area contributed by atoms with Gasteiger partial charge in [-0.3, -0.25) is 0 Å². The third kappa shape index (κ3) is 1.90. The van der Waals surface area contributed by atoms with Gasteiger partial charge in [0.25, 0.3) is 0 Å². The van der Waals surface area contributed by atoms with Crippen LogP contribution >= 0.6 is 0 Å². The molecule has 0 bridgehead atoms. The van der Waals surface area contributed by atoms with Crippen LogP contribution < -0.4 is 10.5 Å². The lowest BCUT2D eigenvalue weighted by Gasteiger charge is -2.03. The Labute approximate surface area is 108 Å². The predicted molar refractivity (Wildman–Crippen MR) is 68.3 cm³/mol. The normalized spacial score (nSPS) is 10.6. The van der Waals surface area contributed by atoms with Crippen LogP contribution in [0.4, 0.5) is 5.88 Å². The van der Waals surface area contributed by atoms with Gasteiger partial charge in [-0.25, -0.2) is 0 Å². The van der Waals surface area contributed by atoms with Crippen molar-refractivity contribution < 1.29 is 9.26 Å². The van der Waals surface area contributed by atoms with Crippen LogP contribution in [0.2, 0.25) is 0 Å². The molecule has 0 aliphatic carbocycles. The van der Waals surface area contributed by atoms with Crippen LogP contribution in [0.5, 0.6) is 5.75 Å². The summed E-state index contributed by atoms with van der Waals surface area (Å²) < 4.78 is 10.3. The van der Waals surface area contributed by atoms with E-state index in [9.17, 15) is 0 Å². The fourth-order valence-corrected chi connectivity index (χ4v) is 1.85. The lowest BCUT2D eigenvalue weighted by molar-refractivity contribution is 0.415. The minimum atomic E-state index is 0.228. The first-order valence-electron chi connectivity index (χ1n) is 5.55. The van der Waals surface area contributed by atoms with E-state index in [-0.39, 0.29) is 5.88 Å². The predicted octanol–water partition coefficient (Wildman–Crippen LogP) is 1.72. The number of nitrogens with one attached hydrogen (secondary N) is 1. The highest BCUT2D eigenvalue weighted by Gasteiger charge is 2.19. The maximum atomic E-state index is 5.84. The Morgan fingerprint density at radius 1 is 1.37 bits per heavy atom. The Bertz CT molecular complexity index is 690. The molecule has 7 heteroatoms. The molecule has 7 nitrogen and oxygen atoms in total. The van der Waals surface area contributed by atoms with Gasteiger partial charge in [-0.15, -0.1) is 0 Å². The lowest BCUT2D eigenvalue weighted by atomic mass is 10.0. The number of H-pyrrole nitrogens is 1. The van der Waals surface area contributed by atoms with Gasteiger partial charge < -0.3 is 15.0 Å². The van der Waals surface area contributed by atoms with Crippen LogP contribution in [0.1, 0.15) is 0 Å². The van der Waals surface area contributed by atoms with Crippen molar-refractivity contribution >= 4 is 5.88 Å². The van der Waals surface area contributed by atoms with E-state index in [4.69, 9.17) is 15.0 Å². The molecule has 3 aromatic rings. The van der Waals surface area contributed by atoms with E-state index in [0.29, 0.717) is 17.0 Å². The smallest absolute Gasteiger partial charge is 0.230 e. The van der Waals surface area contributed by atoms with Crippen molar-refractivity contribution in [3.8, 4) is 28.3 Å². The number of ether oxygens (including phenoxy) is 1.